The van der Waals surface area contributed by atoms with Crippen molar-refractivity contribution < 1.29 is 63.2 Å². The molecule has 5 atom stereocenters. The first-order chi connectivity index (χ1) is 18.7. The SMILES string of the molecule is CCCCCCCCCOCCCCCCCCCP(=O)([O-])OC[C@H]1O[C@@H](n2ccc(N)nc2=O)C(O)[C@H]1O.[Na+]. The van der Waals surface area contributed by atoms with Gasteiger partial charge in [-0.25, -0.2) is 4.79 Å². The minimum atomic E-state index is -4.13. The predicted octanol–water partition coefficient (Wildman–Crippen LogP) is 0.517. The number of aromatic nitrogens is 2. The fourth-order valence-electron chi connectivity index (χ4n) is 4.62. The molecule has 1 fully saturated rings. The fraction of sp³-hybridized carbons (Fsp3) is 0.852. The number of unbranched alkanes of at least 4 members (excludes halogenated alkanes) is 12. The topological polar surface area (TPSA) is 169 Å². The minimum absolute atomic E-state index is 0. The molecular weight excluding hydrogens is 548 g/mol. The van der Waals surface area contributed by atoms with E-state index in [1.54, 1.807) is 0 Å². The Bertz CT molecular complexity index is 909. The van der Waals surface area contributed by atoms with Crippen molar-refractivity contribution in [3.63, 3.8) is 0 Å². The normalized spacial score (nSPS) is 22.2. The summed E-state index contributed by atoms with van der Waals surface area (Å²) >= 11 is 0. The van der Waals surface area contributed by atoms with Crippen LogP contribution in [0.5, 0.6) is 0 Å². The van der Waals surface area contributed by atoms with Crippen LogP contribution in [0.25, 0.3) is 0 Å². The quantitative estimate of drug-likeness (QED) is 0.0973. The molecule has 0 saturated carbocycles. The van der Waals surface area contributed by atoms with Gasteiger partial charge in [-0.15, -0.1) is 0 Å². The molecule has 4 N–H and O–H groups in total. The van der Waals surface area contributed by atoms with Crippen LogP contribution in [0.2, 0.25) is 0 Å². The van der Waals surface area contributed by atoms with Gasteiger partial charge in [0, 0.05) is 25.6 Å². The summed E-state index contributed by atoms with van der Waals surface area (Å²) in [6, 6.07) is 1.35. The van der Waals surface area contributed by atoms with Gasteiger partial charge in [0.2, 0.25) is 0 Å². The summed E-state index contributed by atoms with van der Waals surface area (Å²) in [5, 5.41) is 20.5. The molecule has 0 aliphatic carbocycles. The van der Waals surface area contributed by atoms with Crippen LogP contribution in [0, 0.1) is 0 Å². The van der Waals surface area contributed by atoms with Gasteiger partial charge in [-0.05, 0) is 25.3 Å². The van der Waals surface area contributed by atoms with E-state index in [0.29, 0.717) is 6.42 Å². The number of anilines is 1. The van der Waals surface area contributed by atoms with Crippen molar-refractivity contribution in [2.75, 3.05) is 31.7 Å². The zero-order valence-corrected chi connectivity index (χ0v) is 27.3. The van der Waals surface area contributed by atoms with Gasteiger partial charge in [-0.3, -0.25) is 4.57 Å². The standard InChI is InChI=1S/C27H50N3O8P.Na/c1-2-3-4-5-7-10-13-18-36-19-14-11-8-6-9-12-15-20-39(34,35)37-21-22-24(31)25(32)26(38-22)30-17-16-23(28)29-27(30)33;/h16-17,22,24-26,31-32H,2-15,18-21H2,1H3,(H,34,35)(H2,28,29,33);/q;+1/p-1/t22-,24+,25?,26-;/m1./s1. The molecule has 11 nitrogen and oxygen atoms in total. The Hall–Kier alpha value is -0.330. The molecule has 1 saturated heterocycles. The molecule has 1 aliphatic heterocycles. The summed E-state index contributed by atoms with van der Waals surface area (Å²) in [7, 11) is -4.13. The van der Waals surface area contributed by atoms with Crippen LogP contribution in [-0.4, -0.2) is 64.1 Å². The zero-order chi connectivity index (χ0) is 28.5. The second-order valence-electron chi connectivity index (χ2n) is 10.4. The van der Waals surface area contributed by atoms with E-state index in [1.807, 2.05) is 0 Å². The van der Waals surface area contributed by atoms with Gasteiger partial charge in [0.25, 0.3) is 0 Å². The van der Waals surface area contributed by atoms with E-state index >= 15 is 0 Å². The fourth-order valence-corrected chi connectivity index (χ4v) is 5.74. The Labute approximate surface area is 261 Å². The van der Waals surface area contributed by atoms with Crippen molar-refractivity contribution in [3.8, 4) is 0 Å². The largest absolute Gasteiger partial charge is 1.00 e. The minimum Gasteiger partial charge on any atom is -0.778 e. The van der Waals surface area contributed by atoms with Crippen molar-refractivity contribution in [1.29, 1.82) is 0 Å². The van der Waals surface area contributed by atoms with E-state index < -0.39 is 44.4 Å². The average molecular weight is 598 g/mol. The number of aliphatic hydroxyl groups is 2. The second-order valence-corrected chi connectivity index (χ2v) is 12.4. The maximum Gasteiger partial charge on any atom is 1.00 e. The molecule has 13 heteroatoms. The molecule has 0 aromatic carbocycles. The summed E-state index contributed by atoms with van der Waals surface area (Å²) in [5.41, 5.74) is 4.71. The van der Waals surface area contributed by atoms with E-state index in [1.165, 1.54) is 50.8 Å². The van der Waals surface area contributed by atoms with Crippen molar-refractivity contribution in [1.82, 2.24) is 9.55 Å². The summed E-state index contributed by atoms with van der Waals surface area (Å²) in [4.78, 5) is 27.9. The summed E-state index contributed by atoms with van der Waals surface area (Å²) in [6.07, 6.45) is 11.6. The van der Waals surface area contributed by atoms with Gasteiger partial charge in [0.1, 0.15) is 31.7 Å². The molecule has 2 rings (SSSR count). The third-order valence-electron chi connectivity index (χ3n) is 7.01. The van der Waals surface area contributed by atoms with Crippen LogP contribution < -0.4 is 45.9 Å². The number of nitrogen functional groups attached to an aromatic ring is 1. The average Bonchev–Trinajstić information content (AvgIpc) is 3.18. The molecule has 226 valence electrons. The molecule has 40 heavy (non-hydrogen) atoms. The Balaban J connectivity index is 0.00000800. The van der Waals surface area contributed by atoms with Gasteiger partial charge in [0.05, 0.1) is 6.61 Å². The molecule has 1 aromatic rings. The smallest absolute Gasteiger partial charge is 0.778 e. The van der Waals surface area contributed by atoms with Crippen LogP contribution in [-0.2, 0) is 18.6 Å². The van der Waals surface area contributed by atoms with Crippen LogP contribution in [0.15, 0.2) is 17.1 Å². The third-order valence-corrected chi connectivity index (χ3v) is 8.42. The Kier molecular flexibility index (Phi) is 20.1. The molecule has 0 bridgehead atoms. The number of ether oxygens (including phenoxy) is 2. The van der Waals surface area contributed by atoms with Gasteiger partial charge < -0.3 is 39.4 Å². The molecule has 2 heterocycles. The monoisotopic (exact) mass is 597 g/mol. The van der Waals surface area contributed by atoms with E-state index in [-0.39, 0.29) is 41.5 Å². The maximum absolute atomic E-state index is 12.3. The molecule has 1 aliphatic rings. The third kappa shape index (κ3) is 14.7. The van der Waals surface area contributed by atoms with Gasteiger partial charge >= 0.3 is 35.2 Å². The first kappa shape index (κ1) is 37.7. The number of rotatable bonds is 22. The van der Waals surface area contributed by atoms with Crippen LogP contribution >= 0.6 is 7.60 Å². The van der Waals surface area contributed by atoms with E-state index in [2.05, 4.69) is 11.9 Å². The number of aliphatic hydroxyl groups excluding tert-OH is 2. The van der Waals surface area contributed by atoms with Crippen molar-refractivity contribution >= 4 is 13.4 Å². The van der Waals surface area contributed by atoms with E-state index in [9.17, 15) is 24.5 Å². The summed E-state index contributed by atoms with van der Waals surface area (Å²) < 4.78 is 29.6. The molecule has 1 aromatic heterocycles. The van der Waals surface area contributed by atoms with Crippen molar-refractivity contribution in [3.05, 3.63) is 22.7 Å². The maximum atomic E-state index is 12.3. The second kappa shape index (κ2) is 21.4. The molecule has 2 unspecified atom stereocenters. The first-order valence-electron chi connectivity index (χ1n) is 14.6. The van der Waals surface area contributed by atoms with Crippen LogP contribution in [0.3, 0.4) is 0 Å². The van der Waals surface area contributed by atoms with Crippen molar-refractivity contribution in [2.24, 2.45) is 0 Å². The molecular formula is C27H49N3NaO8P. The van der Waals surface area contributed by atoms with Gasteiger partial charge in [-0.2, -0.15) is 4.98 Å². The van der Waals surface area contributed by atoms with E-state index in [4.69, 9.17) is 19.7 Å². The number of nitrogens with two attached hydrogens (primary N) is 1. The van der Waals surface area contributed by atoms with E-state index in [0.717, 1.165) is 62.7 Å². The summed E-state index contributed by atoms with van der Waals surface area (Å²) in [6.45, 7) is 3.46. The Morgan fingerprint density at radius 3 is 2.10 bits per heavy atom. The first-order valence-corrected chi connectivity index (χ1v) is 16.4. The Morgan fingerprint density at radius 1 is 0.975 bits per heavy atom. The predicted molar refractivity (Wildman–Crippen MR) is 148 cm³/mol. The zero-order valence-electron chi connectivity index (χ0n) is 24.5. The number of hydrogen-bond acceptors (Lipinski definition) is 10. The molecule has 0 spiro atoms. The summed E-state index contributed by atoms with van der Waals surface area (Å²) in [5.74, 6) is 0.00964. The van der Waals surface area contributed by atoms with Gasteiger partial charge in [-0.1, -0.05) is 77.6 Å². The molecule has 0 radical (unpaired) electrons. The van der Waals surface area contributed by atoms with Gasteiger partial charge in [0.15, 0.2) is 6.23 Å². The molecule has 0 amide bonds. The van der Waals surface area contributed by atoms with Crippen molar-refractivity contribution in [2.45, 2.75) is 121 Å². The number of hydrogen-bond donors (Lipinski definition) is 3. The van der Waals surface area contributed by atoms with Crippen LogP contribution in [0.1, 0.15) is 103 Å². The Morgan fingerprint density at radius 2 is 1.52 bits per heavy atom. The number of nitrogens with zero attached hydrogens (tertiary/aromatic N) is 2. The van der Waals surface area contributed by atoms with Crippen LogP contribution in [0.4, 0.5) is 5.82 Å².